The summed E-state index contributed by atoms with van der Waals surface area (Å²) in [6.07, 6.45) is 14.5. The van der Waals surface area contributed by atoms with Crippen LogP contribution in [0.15, 0.2) is 0 Å². The van der Waals surface area contributed by atoms with E-state index in [4.69, 9.17) is 0 Å². The number of ketones is 1. The van der Waals surface area contributed by atoms with Gasteiger partial charge in [-0.05, 0) is 103 Å². The van der Waals surface area contributed by atoms with Gasteiger partial charge in [0, 0.05) is 12.3 Å². The average molecular weight is 385 g/mol. The summed E-state index contributed by atoms with van der Waals surface area (Å²) in [5, 5.41) is 0. The quantitative estimate of drug-likeness (QED) is 0.424. The summed E-state index contributed by atoms with van der Waals surface area (Å²) in [6.45, 7) is 15.8. The number of Topliss-reactive ketones (excluding diaryl/α,β-unsaturated/α-hetero) is 1. The van der Waals surface area contributed by atoms with E-state index in [2.05, 4.69) is 41.5 Å². The Morgan fingerprint density at radius 1 is 0.643 bits per heavy atom. The first kappa shape index (κ1) is 19.6. The fraction of sp³-hybridized carbons (Fsp3) is 0.963. The Bertz CT molecular complexity index is 692. The van der Waals surface area contributed by atoms with Gasteiger partial charge >= 0.3 is 0 Å². The maximum Gasteiger partial charge on any atom is 0.136 e. The number of carbonyl (C=O) groups is 1. The standard InChI is InChI=1S/C27H44O/c1-23(2)13-7-14-25(4)20(23)12-17-27(6)22(25)9-8-21-24(3)15-11-19(28)18(24)10-16-26(21,27)5/h18,20-22H,7-17H2,1-6H3/t18-,20-,21+,22+,24-,25-,26+,27+/m0/s1. The monoisotopic (exact) mass is 384 g/mol. The lowest BCUT2D eigenvalue weighted by atomic mass is 9.32. The van der Waals surface area contributed by atoms with E-state index in [1.807, 2.05) is 0 Å². The molecule has 5 aliphatic carbocycles. The SMILES string of the molecule is CC1(C)CCC[C@]2(C)[C@H]3CC[C@@H]4[C@@]5(C)CCC(=O)[C@@H]5CC[C@@]4(C)[C@]3(C)CC[C@@H]12. The minimum Gasteiger partial charge on any atom is -0.299 e. The van der Waals surface area contributed by atoms with Crippen LogP contribution in [-0.2, 0) is 4.79 Å². The molecule has 0 spiro atoms. The summed E-state index contributed by atoms with van der Waals surface area (Å²) in [5.74, 6) is 3.54. The zero-order chi connectivity index (χ0) is 20.2. The molecule has 0 aliphatic heterocycles. The molecule has 1 nitrogen and oxygen atoms in total. The molecule has 0 heterocycles. The Kier molecular flexibility index (Phi) is 3.97. The summed E-state index contributed by atoms with van der Waals surface area (Å²) >= 11 is 0. The molecular formula is C27H44O. The molecule has 158 valence electrons. The third kappa shape index (κ3) is 2.13. The third-order valence-corrected chi connectivity index (χ3v) is 12.5. The molecule has 8 atom stereocenters. The highest BCUT2D eigenvalue weighted by atomic mass is 16.1. The fourth-order valence-electron chi connectivity index (χ4n) is 11.0. The second kappa shape index (κ2) is 5.67. The number of fused-ring (bicyclic) bond motifs is 7. The zero-order valence-corrected chi connectivity index (χ0v) is 19.5. The molecule has 5 saturated carbocycles. The van der Waals surface area contributed by atoms with E-state index in [9.17, 15) is 4.79 Å². The number of carbonyl (C=O) groups excluding carboxylic acids is 1. The van der Waals surface area contributed by atoms with Crippen LogP contribution in [0.2, 0.25) is 0 Å². The Balaban J connectivity index is 1.56. The van der Waals surface area contributed by atoms with Crippen LogP contribution in [0.1, 0.15) is 112 Å². The molecule has 5 aliphatic rings. The van der Waals surface area contributed by atoms with Gasteiger partial charge in [-0.25, -0.2) is 0 Å². The Hall–Kier alpha value is -0.330. The van der Waals surface area contributed by atoms with Gasteiger partial charge in [-0.2, -0.15) is 0 Å². The number of hydrogen-bond acceptors (Lipinski definition) is 1. The highest BCUT2D eigenvalue weighted by Crippen LogP contribution is 2.77. The first-order valence-electron chi connectivity index (χ1n) is 12.5. The number of hydrogen-bond donors (Lipinski definition) is 0. The lowest BCUT2D eigenvalue weighted by molar-refractivity contribution is -0.238. The maximum absolute atomic E-state index is 12.7. The van der Waals surface area contributed by atoms with Crippen molar-refractivity contribution in [3.8, 4) is 0 Å². The van der Waals surface area contributed by atoms with Crippen LogP contribution in [0, 0.1) is 50.7 Å². The summed E-state index contributed by atoms with van der Waals surface area (Å²) in [6, 6.07) is 0. The predicted octanol–water partition coefficient (Wildman–Crippen LogP) is 7.43. The normalized spacial score (nSPS) is 57.7. The van der Waals surface area contributed by atoms with Crippen LogP contribution >= 0.6 is 0 Å². The molecule has 28 heavy (non-hydrogen) atoms. The molecule has 5 rings (SSSR count). The Morgan fingerprint density at radius 2 is 1.25 bits per heavy atom. The van der Waals surface area contributed by atoms with Crippen molar-refractivity contribution in [2.45, 2.75) is 112 Å². The van der Waals surface area contributed by atoms with E-state index in [0.717, 1.165) is 24.2 Å². The molecule has 0 amide bonds. The summed E-state index contributed by atoms with van der Waals surface area (Å²) in [4.78, 5) is 12.7. The second-order valence-corrected chi connectivity index (χ2v) is 13.5. The van der Waals surface area contributed by atoms with E-state index in [-0.39, 0.29) is 0 Å². The van der Waals surface area contributed by atoms with Gasteiger partial charge in [0.05, 0.1) is 0 Å². The molecule has 0 aromatic rings. The smallest absolute Gasteiger partial charge is 0.136 e. The van der Waals surface area contributed by atoms with Crippen molar-refractivity contribution in [1.29, 1.82) is 0 Å². The lowest BCUT2D eigenvalue weighted by Crippen LogP contribution is -2.65. The number of rotatable bonds is 0. The molecule has 0 radical (unpaired) electrons. The minimum atomic E-state index is 0.293. The van der Waals surface area contributed by atoms with Gasteiger partial charge in [0.1, 0.15) is 5.78 Å². The van der Waals surface area contributed by atoms with E-state index in [1.165, 1.54) is 64.2 Å². The molecule has 0 unspecified atom stereocenters. The van der Waals surface area contributed by atoms with Crippen molar-refractivity contribution < 1.29 is 4.79 Å². The van der Waals surface area contributed by atoms with Crippen LogP contribution < -0.4 is 0 Å². The van der Waals surface area contributed by atoms with Crippen LogP contribution in [0.25, 0.3) is 0 Å². The van der Waals surface area contributed by atoms with Crippen LogP contribution in [-0.4, -0.2) is 5.78 Å². The lowest BCUT2D eigenvalue weighted by Gasteiger charge is -2.72. The first-order valence-corrected chi connectivity index (χ1v) is 12.5. The topological polar surface area (TPSA) is 17.1 Å². The summed E-state index contributed by atoms with van der Waals surface area (Å²) < 4.78 is 0. The molecule has 0 N–H and O–H groups in total. The van der Waals surface area contributed by atoms with Gasteiger partial charge in [0.2, 0.25) is 0 Å². The van der Waals surface area contributed by atoms with Gasteiger partial charge in [-0.15, -0.1) is 0 Å². The van der Waals surface area contributed by atoms with Crippen LogP contribution in [0.5, 0.6) is 0 Å². The van der Waals surface area contributed by atoms with Gasteiger partial charge in [-0.1, -0.05) is 48.0 Å². The van der Waals surface area contributed by atoms with Gasteiger partial charge < -0.3 is 0 Å². The van der Waals surface area contributed by atoms with E-state index in [0.29, 0.717) is 38.8 Å². The molecule has 0 aromatic heterocycles. The molecule has 1 heteroatoms. The maximum atomic E-state index is 12.7. The van der Waals surface area contributed by atoms with Gasteiger partial charge in [0.15, 0.2) is 0 Å². The van der Waals surface area contributed by atoms with Crippen LogP contribution in [0.4, 0.5) is 0 Å². The largest absolute Gasteiger partial charge is 0.299 e. The molecule has 0 saturated heterocycles. The van der Waals surface area contributed by atoms with Crippen molar-refractivity contribution in [2.75, 3.05) is 0 Å². The Labute approximate surface area is 173 Å². The van der Waals surface area contributed by atoms with Gasteiger partial charge in [0.25, 0.3) is 0 Å². The second-order valence-electron chi connectivity index (χ2n) is 13.5. The highest BCUT2D eigenvalue weighted by molar-refractivity contribution is 5.84. The minimum absolute atomic E-state index is 0.293. The average Bonchev–Trinajstić information content (AvgIpc) is 2.90. The summed E-state index contributed by atoms with van der Waals surface area (Å²) in [7, 11) is 0. The van der Waals surface area contributed by atoms with Crippen molar-refractivity contribution in [1.82, 2.24) is 0 Å². The molecule has 0 aromatic carbocycles. The van der Waals surface area contributed by atoms with E-state index >= 15 is 0 Å². The van der Waals surface area contributed by atoms with E-state index < -0.39 is 0 Å². The van der Waals surface area contributed by atoms with Crippen molar-refractivity contribution in [2.24, 2.45) is 50.7 Å². The fourth-order valence-corrected chi connectivity index (χ4v) is 11.0. The molecular weight excluding hydrogens is 340 g/mol. The first-order chi connectivity index (χ1) is 13.0. The molecule has 5 fully saturated rings. The third-order valence-electron chi connectivity index (χ3n) is 12.5. The van der Waals surface area contributed by atoms with Crippen molar-refractivity contribution in [3.05, 3.63) is 0 Å². The highest BCUT2D eigenvalue weighted by Gasteiger charge is 2.70. The molecule has 0 bridgehead atoms. The zero-order valence-electron chi connectivity index (χ0n) is 19.5. The van der Waals surface area contributed by atoms with Crippen molar-refractivity contribution in [3.63, 3.8) is 0 Å². The Morgan fingerprint density at radius 3 is 1.93 bits per heavy atom. The van der Waals surface area contributed by atoms with E-state index in [1.54, 1.807) is 0 Å². The van der Waals surface area contributed by atoms with Crippen molar-refractivity contribution >= 4 is 5.78 Å². The van der Waals surface area contributed by atoms with Gasteiger partial charge in [-0.3, -0.25) is 4.79 Å². The predicted molar refractivity (Wildman–Crippen MR) is 116 cm³/mol. The summed E-state index contributed by atoms with van der Waals surface area (Å²) in [5.41, 5.74) is 2.25. The van der Waals surface area contributed by atoms with Crippen LogP contribution in [0.3, 0.4) is 0 Å².